The maximum absolute atomic E-state index is 13.1. The van der Waals surface area contributed by atoms with Crippen LogP contribution in [0.25, 0.3) is 0 Å². The van der Waals surface area contributed by atoms with Crippen molar-refractivity contribution in [2.75, 3.05) is 5.32 Å². The molecule has 0 saturated heterocycles. The van der Waals surface area contributed by atoms with E-state index in [1.807, 2.05) is 0 Å². The van der Waals surface area contributed by atoms with Gasteiger partial charge in [-0.15, -0.1) is 15.7 Å². The number of hydrogen-bond donors (Lipinski definition) is 3. The van der Waals surface area contributed by atoms with Crippen molar-refractivity contribution in [1.29, 1.82) is 0 Å². The summed E-state index contributed by atoms with van der Waals surface area (Å²) < 4.78 is 17.3. The third-order valence-electron chi connectivity index (χ3n) is 5.66. The van der Waals surface area contributed by atoms with Crippen LogP contribution in [0.15, 0.2) is 20.7 Å². The molecule has 2 aliphatic carbocycles. The van der Waals surface area contributed by atoms with Gasteiger partial charge in [0.2, 0.25) is 0 Å². The lowest BCUT2D eigenvalue weighted by Crippen LogP contribution is -2.18. The van der Waals surface area contributed by atoms with Crippen LogP contribution < -0.4 is 10.5 Å². The zero-order valence-corrected chi connectivity index (χ0v) is 18.6. The molecule has 1 aromatic heterocycles. The average molecular weight is 434 g/mol. The van der Waals surface area contributed by atoms with Crippen LogP contribution in [0.4, 0.5) is 10.5 Å². The van der Waals surface area contributed by atoms with Crippen molar-refractivity contribution in [2.45, 2.75) is 69.1 Å². The summed E-state index contributed by atoms with van der Waals surface area (Å²) in [4.78, 5) is 13.4. The molecule has 4 N–H and O–H groups in total. The molecule has 0 unspecified atom stereocenters. The molecule has 2 aliphatic rings. The number of amides is 2. The van der Waals surface area contributed by atoms with E-state index in [1.165, 1.54) is 22.3 Å². The van der Waals surface area contributed by atoms with Crippen LogP contribution in [0.3, 0.4) is 0 Å². The Morgan fingerprint density at radius 1 is 1.17 bits per heavy atom. The van der Waals surface area contributed by atoms with Crippen molar-refractivity contribution >= 4 is 33.0 Å². The second-order valence-corrected chi connectivity index (χ2v) is 11.5. The van der Waals surface area contributed by atoms with Gasteiger partial charge in [-0.05, 0) is 93.2 Å². The van der Waals surface area contributed by atoms with Crippen LogP contribution in [0.1, 0.15) is 59.4 Å². The van der Waals surface area contributed by atoms with Crippen LogP contribution in [0.5, 0.6) is 0 Å². The summed E-state index contributed by atoms with van der Waals surface area (Å²) >= 11 is 1.14. The Morgan fingerprint density at radius 2 is 1.76 bits per heavy atom. The largest absolute Gasteiger partial charge is 0.385 e. The Balaban J connectivity index is 1.68. The molecule has 0 radical (unpaired) electrons. The molecule has 8 heteroatoms. The van der Waals surface area contributed by atoms with E-state index in [0.29, 0.717) is 14.6 Å². The fraction of sp³-hybridized carbons (Fsp3) is 0.476. The summed E-state index contributed by atoms with van der Waals surface area (Å²) in [5.41, 5.74) is 5.44. The third kappa shape index (κ3) is 3.86. The number of urea groups is 1. The number of aryl methyl sites for hydroxylation is 3. The molecular weight excluding hydrogens is 406 g/mol. The number of carbonyl (C=O) groups excluding carboxylic acids is 1. The maximum atomic E-state index is 13.1. The molecule has 0 fully saturated rings. The predicted molar refractivity (Wildman–Crippen MR) is 117 cm³/mol. The first-order valence-electron chi connectivity index (χ1n) is 9.92. The van der Waals surface area contributed by atoms with E-state index in [0.717, 1.165) is 55.5 Å². The Bertz CT molecular complexity index is 1090. The first kappa shape index (κ1) is 20.5. The summed E-state index contributed by atoms with van der Waals surface area (Å²) in [6.45, 7) is 5.07. The number of rotatable bonds is 3. The van der Waals surface area contributed by atoms with Gasteiger partial charge in [0, 0.05) is 10.6 Å². The second kappa shape index (κ2) is 7.19. The van der Waals surface area contributed by atoms with Gasteiger partial charge in [-0.1, -0.05) is 6.07 Å². The van der Waals surface area contributed by atoms with Crippen molar-refractivity contribution < 1.29 is 14.1 Å². The van der Waals surface area contributed by atoms with Crippen LogP contribution in [-0.4, -0.2) is 15.3 Å². The molecule has 6 nitrogen and oxygen atoms in total. The van der Waals surface area contributed by atoms with Gasteiger partial charge >= 0.3 is 6.03 Å². The van der Waals surface area contributed by atoms with Gasteiger partial charge in [0.15, 0.2) is 9.92 Å². The number of anilines is 1. The fourth-order valence-electron chi connectivity index (χ4n) is 4.32. The van der Waals surface area contributed by atoms with E-state index in [1.54, 1.807) is 26.8 Å². The minimum absolute atomic E-state index is 0.327. The normalized spacial score (nSPS) is 17.6. The zero-order valence-electron chi connectivity index (χ0n) is 17.0. The molecule has 2 amide bonds. The maximum Gasteiger partial charge on any atom is 0.354 e. The topological polar surface area (TPSA) is 105 Å². The standard InChI is InChI=1S/C21H27N3O3S2/c1-12-10-17(21(2,3)26)28-19(12)29(22,27)24-20(25)23-18-15-8-4-6-13(15)11-14-7-5-9-16(14)18/h10-11,26H,4-9H2,1-3H3,(H3,22,23,24,25,27)/t29-/m1/s1. The zero-order chi connectivity index (χ0) is 21.0. The monoisotopic (exact) mass is 433 g/mol. The van der Waals surface area contributed by atoms with Gasteiger partial charge in [0.25, 0.3) is 0 Å². The number of fused-ring (bicyclic) bond motifs is 2. The molecule has 1 heterocycles. The molecule has 1 atom stereocenters. The Kier molecular flexibility index (Phi) is 5.09. The van der Waals surface area contributed by atoms with E-state index >= 15 is 0 Å². The molecule has 1 aromatic carbocycles. The number of benzene rings is 1. The molecule has 0 bridgehead atoms. The third-order valence-corrected chi connectivity index (χ3v) is 9.27. The summed E-state index contributed by atoms with van der Waals surface area (Å²) in [6.07, 6.45) is 6.11. The van der Waals surface area contributed by atoms with Gasteiger partial charge in [0.1, 0.15) is 4.21 Å². The van der Waals surface area contributed by atoms with Crippen LogP contribution in [-0.2, 0) is 41.2 Å². The summed E-state index contributed by atoms with van der Waals surface area (Å²) in [6, 6.07) is 3.36. The quantitative estimate of drug-likeness (QED) is 0.676. The Morgan fingerprint density at radius 3 is 2.28 bits per heavy atom. The lowest BCUT2D eigenvalue weighted by Gasteiger charge is -2.15. The Hall–Kier alpha value is -1.74. The number of aliphatic hydroxyl groups is 1. The highest BCUT2D eigenvalue weighted by molar-refractivity contribution is 7.93. The molecule has 29 heavy (non-hydrogen) atoms. The first-order chi connectivity index (χ1) is 13.6. The molecule has 156 valence electrons. The fourth-order valence-corrected chi connectivity index (χ4v) is 6.98. The van der Waals surface area contributed by atoms with Crippen molar-refractivity contribution in [3.05, 3.63) is 44.8 Å². The van der Waals surface area contributed by atoms with E-state index in [4.69, 9.17) is 5.14 Å². The van der Waals surface area contributed by atoms with E-state index in [2.05, 4.69) is 15.7 Å². The van der Waals surface area contributed by atoms with Crippen LogP contribution in [0.2, 0.25) is 0 Å². The molecule has 4 rings (SSSR count). The lowest BCUT2D eigenvalue weighted by molar-refractivity contribution is 0.0825. The smallest absolute Gasteiger partial charge is 0.354 e. The van der Waals surface area contributed by atoms with Crippen LogP contribution >= 0.6 is 11.3 Å². The molecule has 2 aromatic rings. The summed E-state index contributed by atoms with van der Waals surface area (Å²) in [5, 5.41) is 19.1. The van der Waals surface area contributed by atoms with Crippen molar-refractivity contribution in [2.24, 2.45) is 9.50 Å². The van der Waals surface area contributed by atoms with Gasteiger partial charge in [-0.25, -0.2) is 14.1 Å². The minimum Gasteiger partial charge on any atom is -0.385 e. The van der Waals surface area contributed by atoms with E-state index in [-0.39, 0.29) is 0 Å². The highest BCUT2D eigenvalue weighted by Gasteiger charge is 2.27. The van der Waals surface area contributed by atoms with E-state index < -0.39 is 21.5 Å². The lowest BCUT2D eigenvalue weighted by atomic mass is 9.99. The SMILES string of the molecule is Cc1cc(C(C)(C)O)sc1[S@](N)(=O)=NC(=O)Nc1c2c(cc3c1CCC3)CCC2. The number of hydrogen-bond acceptors (Lipinski definition) is 4. The summed E-state index contributed by atoms with van der Waals surface area (Å²) in [5.74, 6) is 0. The Labute approximate surface area is 175 Å². The summed E-state index contributed by atoms with van der Waals surface area (Å²) in [7, 11) is -3.41. The number of nitrogens with two attached hydrogens (primary N) is 1. The highest BCUT2D eigenvalue weighted by Crippen LogP contribution is 2.39. The second-order valence-electron chi connectivity index (χ2n) is 8.46. The van der Waals surface area contributed by atoms with Gasteiger partial charge in [0.05, 0.1) is 5.60 Å². The number of nitrogens with zero attached hydrogens (tertiary/aromatic N) is 1. The molecule has 0 aliphatic heterocycles. The predicted octanol–water partition coefficient (Wildman–Crippen LogP) is 4.19. The highest BCUT2D eigenvalue weighted by atomic mass is 32.2. The van der Waals surface area contributed by atoms with Crippen molar-refractivity contribution in [3.63, 3.8) is 0 Å². The number of thiophene rings is 1. The van der Waals surface area contributed by atoms with Crippen LogP contribution in [0, 0.1) is 6.92 Å². The van der Waals surface area contributed by atoms with Gasteiger partial charge in [-0.3, -0.25) is 0 Å². The first-order valence-corrected chi connectivity index (χ1v) is 12.3. The minimum atomic E-state index is -3.41. The van der Waals surface area contributed by atoms with Crippen molar-refractivity contribution in [1.82, 2.24) is 0 Å². The van der Waals surface area contributed by atoms with Gasteiger partial charge in [-0.2, -0.15) is 0 Å². The molecule has 0 saturated carbocycles. The van der Waals surface area contributed by atoms with E-state index in [9.17, 15) is 14.1 Å². The van der Waals surface area contributed by atoms with Gasteiger partial charge < -0.3 is 10.4 Å². The van der Waals surface area contributed by atoms with Crippen molar-refractivity contribution in [3.8, 4) is 0 Å². The molecule has 0 spiro atoms. The number of carbonyl (C=O) groups is 1. The molecular formula is C21H27N3O3S2. The average Bonchev–Trinajstić information content (AvgIpc) is 3.31. The number of nitrogens with one attached hydrogen (secondary N) is 1.